The number of thiocarbonyl (C=S) groups is 1. The maximum absolute atomic E-state index is 5.98. The molecule has 0 radical (unpaired) electrons. The fourth-order valence-corrected chi connectivity index (χ4v) is 2.22. The highest BCUT2D eigenvalue weighted by molar-refractivity contribution is 7.80. The first-order chi connectivity index (χ1) is 10.0. The maximum Gasteiger partial charge on any atom is 0.170 e. The average Bonchev–Trinajstić information content (AvgIpc) is 2.83. The number of anilines is 1. The number of nitrogens with one attached hydrogen (secondary N) is 2. The molecule has 112 valence electrons. The molecule has 21 heavy (non-hydrogen) atoms. The Morgan fingerprint density at radius 3 is 2.95 bits per heavy atom. The predicted molar refractivity (Wildman–Crippen MR) is 91.8 cm³/mol. The van der Waals surface area contributed by atoms with E-state index >= 15 is 0 Å². The van der Waals surface area contributed by atoms with Crippen LogP contribution >= 0.6 is 23.8 Å². The van der Waals surface area contributed by atoms with Crippen LogP contribution in [-0.4, -0.2) is 21.4 Å². The summed E-state index contributed by atoms with van der Waals surface area (Å²) < 4.78 is 1.85. The summed E-state index contributed by atoms with van der Waals surface area (Å²) in [7, 11) is 0. The SMILES string of the molecule is CC(C)CNC(=S)Nc1cnn(Cc2cccc(Cl)c2)c1. The van der Waals surface area contributed by atoms with Gasteiger partial charge < -0.3 is 10.6 Å². The van der Waals surface area contributed by atoms with Crippen molar-refractivity contribution in [2.45, 2.75) is 20.4 Å². The second kappa shape index (κ2) is 7.43. The summed E-state index contributed by atoms with van der Waals surface area (Å²) in [5.74, 6) is 0.551. The van der Waals surface area contributed by atoms with Crippen molar-refractivity contribution in [1.29, 1.82) is 0 Å². The van der Waals surface area contributed by atoms with Crippen molar-refractivity contribution in [1.82, 2.24) is 15.1 Å². The van der Waals surface area contributed by atoms with Crippen molar-refractivity contribution in [2.24, 2.45) is 5.92 Å². The van der Waals surface area contributed by atoms with Crippen LogP contribution in [0.4, 0.5) is 5.69 Å². The lowest BCUT2D eigenvalue weighted by Crippen LogP contribution is -2.31. The number of aromatic nitrogens is 2. The summed E-state index contributed by atoms with van der Waals surface area (Å²) in [6, 6.07) is 7.76. The Morgan fingerprint density at radius 2 is 2.24 bits per heavy atom. The average molecular weight is 323 g/mol. The van der Waals surface area contributed by atoms with Crippen molar-refractivity contribution in [3.63, 3.8) is 0 Å². The van der Waals surface area contributed by atoms with Crippen LogP contribution in [0.5, 0.6) is 0 Å². The molecule has 0 amide bonds. The van der Waals surface area contributed by atoms with Crippen LogP contribution < -0.4 is 10.6 Å². The molecule has 0 aliphatic heterocycles. The van der Waals surface area contributed by atoms with E-state index in [1.807, 2.05) is 35.1 Å². The zero-order valence-electron chi connectivity index (χ0n) is 12.1. The van der Waals surface area contributed by atoms with Gasteiger partial charge >= 0.3 is 0 Å². The Labute approximate surface area is 135 Å². The van der Waals surface area contributed by atoms with E-state index in [1.165, 1.54) is 0 Å². The van der Waals surface area contributed by atoms with Crippen LogP contribution in [0.1, 0.15) is 19.4 Å². The minimum atomic E-state index is 0.551. The molecule has 2 rings (SSSR count). The fourth-order valence-electron chi connectivity index (χ4n) is 1.81. The minimum Gasteiger partial charge on any atom is -0.362 e. The van der Waals surface area contributed by atoms with E-state index in [0.717, 1.165) is 22.8 Å². The molecule has 2 aromatic rings. The van der Waals surface area contributed by atoms with Gasteiger partial charge in [0.2, 0.25) is 0 Å². The van der Waals surface area contributed by atoms with Gasteiger partial charge in [-0.1, -0.05) is 37.6 Å². The number of nitrogens with zero attached hydrogens (tertiary/aromatic N) is 2. The number of rotatable bonds is 5. The summed E-state index contributed by atoms with van der Waals surface area (Å²) in [6.45, 7) is 5.80. The molecule has 1 aromatic heterocycles. The van der Waals surface area contributed by atoms with Crippen molar-refractivity contribution in [3.8, 4) is 0 Å². The number of hydrogen-bond donors (Lipinski definition) is 2. The molecule has 0 aliphatic rings. The van der Waals surface area contributed by atoms with Crippen LogP contribution in [-0.2, 0) is 6.54 Å². The largest absolute Gasteiger partial charge is 0.362 e. The first kappa shape index (κ1) is 15.8. The van der Waals surface area contributed by atoms with E-state index in [1.54, 1.807) is 6.20 Å². The number of benzene rings is 1. The van der Waals surface area contributed by atoms with Crippen LogP contribution in [0, 0.1) is 5.92 Å². The Kier molecular flexibility index (Phi) is 5.59. The first-order valence-electron chi connectivity index (χ1n) is 6.84. The molecule has 0 unspecified atom stereocenters. The van der Waals surface area contributed by atoms with Gasteiger partial charge in [0.15, 0.2) is 5.11 Å². The van der Waals surface area contributed by atoms with E-state index in [0.29, 0.717) is 17.6 Å². The minimum absolute atomic E-state index is 0.551. The zero-order valence-corrected chi connectivity index (χ0v) is 13.7. The Balaban J connectivity index is 1.91. The second-order valence-electron chi connectivity index (χ2n) is 5.29. The summed E-state index contributed by atoms with van der Waals surface area (Å²) in [5.41, 5.74) is 1.98. The normalized spacial score (nSPS) is 10.7. The molecule has 1 aromatic carbocycles. The summed E-state index contributed by atoms with van der Waals surface area (Å²) in [5, 5.41) is 12.0. The lowest BCUT2D eigenvalue weighted by Gasteiger charge is -2.10. The van der Waals surface area contributed by atoms with Gasteiger partial charge in [0, 0.05) is 17.8 Å². The topological polar surface area (TPSA) is 41.9 Å². The third-order valence-electron chi connectivity index (χ3n) is 2.80. The van der Waals surface area contributed by atoms with Crippen LogP contribution in [0.25, 0.3) is 0 Å². The van der Waals surface area contributed by atoms with E-state index < -0.39 is 0 Å². The Hall–Kier alpha value is -1.59. The molecule has 1 heterocycles. The van der Waals surface area contributed by atoms with Gasteiger partial charge in [-0.3, -0.25) is 4.68 Å². The van der Waals surface area contributed by atoms with Gasteiger partial charge in [-0.25, -0.2) is 0 Å². The highest BCUT2D eigenvalue weighted by Gasteiger charge is 2.03. The zero-order chi connectivity index (χ0) is 15.2. The quantitative estimate of drug-likeness (QED) is 0.826. The first-order valence-corrected chi connectivity index (χ1v) is 7.63. The van der Waals surface area contributed by atoms with E-state index in [2.05, 4.69) is 29.6 Å². The van der Waals surface area contributed by atoms with E-state index in [-0.39, 0.29) is 0 Å². The molecule has 2 N–H and O–H groups in total. The van der Waals surface area contributed by atoms with Crippen molar-refractivity contribution in [2.75, 3.05) is 11.9 Å². The van der Waals surface area contributed by atoms with Crippen LogP contribution in [0.15, 0.2) is 36.7 Å². The van der Waals surface area contributed by atoms with Gasteiger partial charge in [0.25, 0.3) is 0 Å². The van der Waals surface area contributed by atoms with Gasteiger partial charge in [-0.2, -0.15) is 5.10 Å². The third-order valence-corrected chi connectivity index (χ3v) is 3.28. The third kappa shape index (κ3) is 5.36. The molecule has 4 nitrogen and oxygen atoms in total. The Bertz CT molecular complexity index is 609. The summed E-state index contributed by atoms with van der Waals surface area (Å²) >= 11 is 11.2. The van der Waals surface area contributed by atoms with Gasteiger partial charge in [0.05, 0.1) is 18.4 Å². The van der Waals surface area contributed by atoms with Crippen molar-refractivity contribution < 1.29 is 0 Å². The second-order valence-corrected chi connectivity index (χ2v) is 6.13. The molecule has 0 aliphatic carbocycles. The van der Waals surface area contributed by atoms with Crippen LogP contribution in [0.2, 0.25) is 5.02 Å². The number of hydrogen-bond acceptors (Lipinski definition) is 2. The predicted octanol–water partition coefficient (Wildman–Crippen LogP) is 3.53. The molecular formula is C15H19ClN4S. The maximum atomic E-state index is 5.98. The molecule has 0 saturated heterocycles. The monoisotopic (exact) mass is 322 g/mol. The molecular weight excluding hydrogens is 304 g/mol. The van der Waals surface area contributed by atoms with Crippen LogP contribution in [0.3, 0.4) is 0 Å². The lowest BCUT2D eigenvalue weighted by atomic mass is 10.2. The highest BCUT2D eigenvalue weighted by Crippen LogP contribution is 2.13. The van der Waals surface area contributed by atoms with E-state index in [9.17, 15) is 0 Å². The van der Waals surface area contributed by atoms with Crippen molar-refractivity contribution >= 4 is 34.6 Å². The van der Waals surface area contributed by atoms with E-state index in [4.69, 9.17) is 23.8 Å². The fraction of sp³-hybridized carbons (Fsp3) is 0.333. The van der Waals surface area contributed by atoms with Crippen molar-refractivity contribution in [3.05, 3.63) is 47.2 Å². The van der Waals surface area contributed by atoms with Gasteiger partial charge in [-0.05, 0) is 35.8 Å². The number of halogens is 1. The molecule has 6 heteroatoms. The smallest absolute Gasteiger partial charge is 0.170 e. The Morgan fingerprint density at radius 1 is 1.43 bits per heavy atom. The lowest BCUT2D eigenvalue weighted by molar-refractivity contribution is 0.627. The molecule has 0 saturated carbocycles. The van der Waals surface area contributed by atoms with Gasteiger partial charge in [0.1, 0.15) is 0 Å². The molecule has 0 spiro atoms. The highest BCUT2D eigenvalue weighted by atomic mass is 35.5. The summed E-state index contributed by atoms with van der Waals surface area (Å²) in [4.78, 5) is 0. The summed E-state index contributed by atoms with van der Waals surface area (Å²) in [6.07, 6.45) is 3.68. The molecule has 0 atom stereocenters. The van der Waals surface area contributed by atoms with Gasteiger partial charge in [-0.15, -0.1) is 0 Å². The standard InChI is InChI=1S/C15H19ClN4S/c1-11(2)7-17-15(21)19-14-8-18-20(10-14)9-12-4-3-5-13(16)6-12/h3-6,8,10-11H,7,9H2,1-2H3,(H2,17,19,21). The molecule has 0 bridgehead atoms. The molecule has 0 fully saturated rings.